The van der Waals surface area contributed by atoms with E-state index in [1.54, 1.807) is 12.1 Å². The van der Waals surface area contributed by atoms with E-state index in [4.69, 9.17) is 0 Å². The molecule has 1 N–H and O–H groups in total. The highest BCUT2D eigenvalue weighted by molar-refractivity contribution is 5.19. The quantitative estimate of drug-likeness (QED) is 0.791. The standard InChI is InChI=1S/C18H25F2N/c19-17-8-4-7-14(18(17)20)11-13-5-2-1-3-6-15(13)12-21-16-9-10-16/h4,7-8,13,15-16,21H,1-3,5-6,9-12H2. The van der Waals surface area contributed by atoms with Crippen LogP contribution >= 0.6 is 0 Å². The van der Waals surface area contributed by atoms with Gasteiger partial charge in [0.1, 0.15) is 0 Å². The molecule has 0 aliphatic heterocycles. The van der Waals surface area contributed by atoms with E-state index in [2.05, 4.69) is 5.32 Å². The van der Waals surface area contributed by atoms with E-state index in [0.29, 0.717) is 23.8 Å². The first kappa shape index (κ1) is 15.0. The van der Waals surface area contributed by atoms with Crippen molar-refractivity contribution in [2.45, 2.75) is 57.4 Å². The van der Waals surface area contributed by atoms with Crippen molar-refractivity contribution in [1.29, 1.82) is 0 Å². The molecule has 0 amide bonds. The highest BCUT2D eigenvalue weighted by Gasteiger charge is 2.28. The summed E-state index contributed by atoms with van der Waals surface area (Å²) in [5.74, 6) is -0.268. The van der Waals surface area contributed by atoms with Crippen molar-refractivity contribution < 1.29 is 8.78 Å². The van der Waals surface area contributed by atoms with Gasteiger partial charge < -0.3 is 5.32 Å². The summed E-state index contributed by atoms with van der Waals surface area (Å²) in [6, 6.07) is 5.30. The van der Waals surface area contributed by atoms with Crippen LogP contribution in [0.25, 0.3) is 0 Å². The van der Waals surface area contributed by atoms with Crippen molar-refractivity contribution in [3.8, 4) is 0 Å². The Hall–Kier alpha value is -0.960. The maximum atomic E-state index is 13.9. The zero-order valence-corrected chi connectivity index (χ0v) is 12.6. The minimum atomic E-state index is -0.714. The highest BCUT2D eigenvalue weighted by Crippen LogP contribution is 2.32. The van der Waals surface area contributed by atoms with Gasteiger partial charge >= 0.3 is 0 Å². The summed E-state index contributed by atoms with van der Waals surface area (Å²) in [6.07, 6.45) is 9.43. The number of hydrogen-bond acceptors (Lipinski definition) is 1. The third-order valence-corrected chi connectivity index (χ3v) is 5.08. The Balaban J connectivity index is 1.67. The summed E-state index contributed by atoms with van der Waals surface area (Å²) in [7, 11) is 0. The fourth-order valence-electron chi connectivity index (χ4n) is 3.59. The lowest BCUT2D eigenvalue weighted by atomic mass is 9.83. The first-order valence-electron chi connectivity index (χ1n) is 8.40. The van der Waals surface area contributed by atoms with Gasteiger partial charge in [0, 0.05) is 6.04 Å². The fraction of sp³-hybridized carbons (Fsp3) is 0.667. The molecular formula is C18H25F2N. The summed E-state index contributed by atoms with van der Waals surface area (Å²) >= 11 is 0. The van der Waals surface area contributed by atoms with Gasteiger partial charge in [0.05, 0.1) is 0 Å². The molecule has 1 nitrogen and oxygen atoms in total. The lowest BCUT2D eigenvalue weighted by Gasteiger charge is -2.26. The van der Waals surface area contributed by atoms with Crippen LogP contribution in [-0.2, 0) is 6.42 Å². The Morgan fingerprint density at radius 3 is 2.48 bits per heavy atom. The molecule has 116 valence electrons. The predicted molar refractivity (Wildman–Crippen MR) is 81.2 cm³/mol. The number of rotatable bonds is 5. The fourth-order valence-corrected chi connectivity index (χ4v) is 3.59. The predicted octanol–water partition coefficient (Wildman–Crippen LogP) is 4.46. The zero-order valence-electron chi connectivity index (χ0n) is 12.6. The number of benzene rings is 1. The van der Waals surface area contributed by atoms with Crippen molar-refractivity contribution in [2.75, 3.05) is 6.54 Å². The summed E-state index contributed by atoms with van der Waals surface area (Å²) in [4.78, 5) is 0. The topological polar surface area (TPSA) is 12.0 Å². The normalized spacial score (nSPS) is 26.6. The lowest BCUT2D eigenvalue weighted by Crippen LogP contribution is -2.30. The average molecular weight is 293 g/mol. The van der Waals surface area contributed by atoms with Gasteiger partial charge in [-0.05, 0) is 62.1 Å². The summed E-state index contributed by atoms with van der Waals surface area (Å²) < 4.78 is 27.3. The molecule has 2 saturated carbocycles. The molecule has 3 rings (SSSR count). The first-order chi connectivity index (χ1) is 10.2. The third-order valence-electron chi connectivity index (χ3n) is 5.08. The molecule has 2 atom stereocenters. The molecule has 0 spiro atoms. The van der Waals surface area contributed by atoms with E-state index < -0.39 is 11.6 Å². The second kappa shape index (κ2) is 6.87. The molecule has 0 radical (unpaired) electrons. The Bertz CT molecular complexity index is 470. The molecule has 0 saturated heterocycles. The molecule has 0 aromatic heterocycles. The molecule has 3 heteroatoms. The Morgan fingerprint density at radius 2 is 1.71 bits per heavy atom. The Labute approximate surface area is 126 Å². The molecule has 1 aromatic carbocycles. The van der Waals surface area contributed by atoms with Crippen LogP contribution in [0.1, 0.15) is 50.5 Å². The molecule has 0 heterocycles. The highest BCUT2D eigenvalue weighted by atomic mass is 19.2. The SMILES string of the molecule is Fc1cccc(CC2CCCCCC2CNC2CC2)c1F. The minimum Gasteiger partial charge on any atom is -0.314 e. The number of nitrogens with one attached hydrogen (secondary N) is 1. The van der Waals surface area contributed by atoms with Crippen LogP contribution in [0, 0.1) is 23.5 Å². The Morgan fingerprint density at radius 1 is 0.952 bits per heavy atom. The van der Waals surface area contributed by atoms with Gasteiger partial charge in [-0.25, -0.2) is 8.78 Å². The van der Waals surface area contributed by atoms with Gasteiger partial charge in [0.25, 0.3) is 0 Å². The summed E-state index contributed by atoms with van der Waals surface area (Å²) in [5, 5.41) is 3.63. The van der Waals surface area contributed by atoms with Crippen molar-refractivity contribution in [3.05, 3.63) is 35.4 Å². The second-order valence-electron chi connectivity index (χ2n) is 6.76. The van der Waals surface area contributed by atoms with Gasteiger partial charge in [-0.3, -0.25) is 0 Å². The smallest absolute Gasteiger partial charge is 0.162 e. The lowest BCUT2D eigenvalue weighted by molar-refractivity contribution is 0.293. The van der Waals surface area contributed by atoms with E-state index in [9.17, 15) is 8.78 Å². The largest absolute Gasteiger partial charge is 0.314 e. The van der Waals surface area contributed by atoms with E-state index in [1.807, 2.05) is 0 Å². The first-order valence-corrected chi connectivity index (χ1v) is 8.40. The van der Waals surface area contributed by atoms with Crippen LogP contribution in [-0.4, -0.2) is 12.6 Å². The van der Waals surface area contributed by atoms with Crippen LogP contribution < -0.4 is 5.32 Å². The Kier molecular flexibility index (Phi) is 4.89. The van der Waals surface area contributed by atoms with Crippen LogP contribution in [0.15, 0.2) is 18.2 Å². The van der Waals surface area contributed by atoms with Crippen LogP contribution in [0.3, 0.4) is 0 Å². The monoisotopic (exact) mass is 293 g/mol. The average Bonchev–Trinajstić information content (AvgIpc) is 3.30. The summed E-state index contributed by atoms with van der Waals surface area (Å²) in [5.41, 5.74) is 0.554. The minimum absolute atomic E-state index is 0.482. The number of halogens is 2. The zero-order chi connectivity index (χ0) is 14.7. The van der Waals surface area contributed by atoms with Gasteiger partial charge in [-0.15, -0.1) is 0 Å². The van der Waals surface area contributed by atoms with Crippen molar-refractivity contribution >= 4 is 0 Å². The molecule has 1 aromatic rings. The van der Waals surface area contributed by atoms with E-state index in [0.717, 1.165) is 19.0 Å². The number of hydrogen-bond donors (Lipinski definition) is 1. The van der Waals surface area contributed by atoms with Crippen LogP contribution in [0.2, 0.25) is 0 Å². The molecule has 2 aliphatic carbocycles. The van der Waals surface area contributed by atoms with Crippen molar-refractivity contribution in [2.24, 2.45) is 11.8 Å². The van der Waals surface area contributed by atoms with Crippen molar-refractivity contribution in [3.63, 3.8) is 0 Å². The van der Waals surface area contributed by atoms with Crippen LogP contribution in [0.5, 0.6) is 0 Å². The maximum absolute atomic E-state index is 13.9. The molecule has 2 aliphatic rings. The molecule has 0 bridgehead atoms. The van der Waals surface area contributed by atoms with Gasteiger partial charge in [-0.1, -0.05) is 31.4 Å². The molecule has 2 unspecified atom stereocenters. The molecule has 21 heavy (non-hydrogen) atoms. The molecule has 2 fully saturated rings. The van der Waals surface area contributed by atoms with Crippen molar-refractivity contribution in [1.82, 2.24) is 5.32 Å². The van der Waals surface area contributed by atoms with E-state index in [-0.39, 0.29) is 0 Å². The third kappa shape index (κ3) is 4.03. The van der Waals surface area contributed by atoms with E-state index >= 15 is 0 Å². The second-order valence-corrected chi connectivity index (χ2v) is 6.76. The van der Waals surface area contributed by atoms with Gasteiger partial charge in [0.2, 0.25) is 0 Å². The van der Waals surface area contributed by atoms with E-state index in [1.165, 1.54) is 44.6 Å². The summed E-state index contributed by atoms with van der Waals surface area (Å²) in [6.45, 7) is 1.05. The maximum Gasteiger partial charge on any atom is 0.162 e. The van der Waals surface area contributed by atoms with Crippen LogP contribution in [0.4, 0.5) is 8.78 Å². The van der Waals surface area contributed by atoms with Gasteiger partial charge in [0.15, 0.2) is 11.6 Å². The molecular weight excluding hydrogens is 268 g/mol. The van der Waals surface area contributed by atoms with Gasteiger partial charge in [-0.2, -0.15) is 0 Å².